The zero-order valence-corrected chi connectivity index (χ0v) is 16.7. The lowest BCUT2D eigenvalue weighted by Crippen LogP contribution is -2.24. The molecule has 0 unspecified atom stereocenters. The third-order valence-corrected chi connectivity index (χ3v) is 4.03. The summed E-state index contributed by atoms with van der Waals surface area (Å²) in [5.41, 5.74) is 3.07. The highest BCUT2D eigenvalue weighted by molar-refractivity contribution is 5.93. The number of anilines is 1. The molecule has 0 atom stereocenters. The van der Waals surface area contributed by atoms with Crippen LogP contribution in [0.1, 0.15) is 23.9 Å². The predicted molar refractivity (Wildman–Crippen MR) is 105 cm³/mol. The highest BCUT2D eigenvalue weighted by Gasteiger charge is 2.15. The Kier molecular flexibility index (Phi) is 7.20. The van der Waals surface area contributed by atoms with Gasteiger partial charge >= 0.3 is 5.97 Å². The number of hydrogen-bond acceptors (Lipinski definition) is 6. The molecule has 1 aromatic heterocycles. The highest BCUT2D eigenvalue weighted by Crippen LogP contribution is 2.28. The Morgan fingerprint density at radius 2 is 1.96 bits per heavy atom. The number of aromatic nitrogens is 2. The summed E-state index contributed by atoms with van der Waals surface area (Å²) in [5, 5.41) is 6.91. The number of methoxy groups -OCH3 is 1. The molecule has 28 heavy (non-hydrogen) atoms. The second-order valence-corrected chi connectivity index (χ2v) is 6.08. The molecule has 1 aromatic carbocycles. The maximum Gasteiger partial charge on any atom is 0.344 e. The number of nitrogens with one attached hydrogen (secondary N) is 1. The first-order valence-corrected chi connectivity index (χ1v) is 8.75. The van der Waals surface area contributed by atoms with Crippen LogP contribution in [0.15, 0.2) is 24.3 Å². The van der Waals surface area contributed by atoms with Crippen LogP contribution in [-0.2, 0) is 21.4 Å². The SMILES string of the molecule is C/C=C/c1ccc(OCC(=O)OCC(=O)Nc2c(C)nn(C)c2C)c(OC)c1. The van der Waals surface area contributed by atoms with Gasteiger partial charge in [0.1, 0.15) is 0 Å². The maximum absolute atomic E-state index is 12.0. The fourth-order valence-corrected chi connectivity index (χ4v) is 2.55. The van der Waals surface area contributed by atoms with Crippen molar-refractivity contribution in [3.05, 3.63) is 41.2 Å². The molecule has 2 rings (SSSR count). The van der Waals surface area contributed by atoms with Gasteiger partial charge in [-0.2, -0.15) is 5.10 Å². The molecule has 0 aliphatic heterocycles. The van der Waals surface area contributed by atoms with Gasteiger partial charge in [0.15, 0.2) is 24.7 Å². The zero-order valence-electron chi connectivity index (χ0n) is 16.7. The number of carbonyl (C=O) groups is 2. The fourth-order valence-electron chi connectivity index (χ4n) is 2.55. The largest absolute Gasteiger partial charge is 0.493 e. The third kappa shape index (κ3) is 5.35. The standard InChI is InChI=1S/C20H25N3O5/c1-6-7-15-8-9-16(17(10-15)26-5)27-12-19(25)28-11-18(24)21-20-13(2)22-23(4)14(20)3/h6-10H,11-12H2,1-5H3,(H,21,24)/b7-6+. The van der Waals surface area contributed by atoms with Gasteiger partial charge in [0, 0.05) is 7.05 Å². The monoisotopic (exact) mass is 387 g/mol. The number of ether oxygens (including phenoxy) is 3. The molecule has 1 amide bonds. The topological polar surface area (TPSA) is 91.7 Å². The van der Waals surface area contributed by atoms with Crippen LogP contribution in [0.2, 0.25) is 0 Å². The van der Waals surface area contributed by atoms with E-state index in [-0.39, 0.29) is 6.61 Å². The minimum atomic E-state index is -0.658. The smallest absolute Gasteiger partial charge is 0.344 e. The maximum atomic E-state index is 12.0. The molecular weight excluding hydrogens is 362 g/mol. The number of benzene rings is 1. The molecule has 0 saturated heterocycles. The molecular formula is C20H25N3O5. The number of nitrogens with zero attached hydrogens (tertiary/aromatic N) is 2. The number of aryl methyl sites for hydroxylation is 2. The highest BCUT2D eigenvalue weighted by atomic mass is 16.6. The van der Waals surface area contributed by atoms with Gasteiger partial charge in [0.05, 0.1) is 24.2 Å². The summed E-state index contributed by atoms with van der Waals surface area (Å²) >= 11 is 0. The Hall–Kier alpha value is -3.29. The van der Waals surface area contributed by atoms with Crippen molar-refractivity contribution in [1.82, 2.24) is 9.78 Å². The van der Waals surface area contributed by atoms with Crippen molar-refractivity contribution >= 4 is 23.6 Å². The van der Waals surface area contributed by atoms with E-state index < -0.39 is 18.5 Å². The second kappa shape index (κ2) is 9.59. The molecule has 150 valence electrons. The molecule has 0 spiro atoms. The van der Waals surface area contributed by atoms with Gasteiger partial charge in [-0.25, -0.2) is 4.79 Å². The molecule has 0 bridgehead atoms. The molecule has 8 heteroatoms. The number of hydrogen-bond donors (Lipinski definition) is 1. The molecule has 1 N–H and O–H groups in total. The normalized spacial score (nSPS) is 10.8. The van der Waals surface area contributed by atoms with Crippen molar-refractivity contribution in [2.45, 2.75) is 20.8 Å². The van der Waals surface area contributed by atoms with E-state index in [9.17, 15) is 9.59 Å². The molecule has 0 aliphatic rings. The van der Waals surface area contributed by atoms with Crippen LogP contribution >= 0.6 is 0 Å². The van der Waals surface area contributed by atoms with E-state index in [1.165, 1.54) is 7.11 Å². The van der Waals surface area contributed by atoms with Gasteiger partial charge in [-0.15, -0.1) is 0 Å². The van der Waals surface area contributed by atoms with Crippen LogP contribution in [0.5, 0.6) is 11.5 Å². The average molecular weight is 387 g/mol. The zero-order chi connectivity index (χ0) is 20.7. The van der Waals surface area contributed by atoms with Gasteiger partial charge < -0.3 is 19.5 Å². The first-order valence-electron chi connectivity index (χ1n) is 8.75. The van der Waals surface area contributed by atoms with Gasteiger partial charge in [-0.05, 0) is 38.5 Å². The lowest BCUT2D eigenvalue weighted by molar-refractivity contribution is -0.149. The van der Waals surface area contributed by atoms with Gasteiger partial charge in [-0.1, -0.05) is 18.2 Å². The van der Waals surface area contributed by atoms with Crippen molar-refractivity contribution in [3.8, 4) is 11.5 Å². The van der Waals surface area contributed by atoms with Crippen LogP contribution in [0.4, 0.5) is 5.69 Å². The summed E-state index contributed by atoms with van der Waals surface area (Å²) in [6.07, 6.45) is 3.83. The van der Waals surface area contributed by atoms with E-state index in [2.05, 4.69) is 10.4 Å². The molecule has 0 saturated carbocycles. The van der Waals surface area contributed by atoms with Gasteiger partial charge in [0.2, 0.25) is 0 Å². The average Bonchev–Trinajstić information content (AvgIpc) is 2.91. The molecule has 8 nitrogen and oxygen atoms in total. The van der Waals surface area contributed by atoms with Crippen LogP contribution in [-0.4, -0.2) is 42.0 Å². The molecule has 0 fully saturated rings. The predicted octanol–water partition coefficient (Wildman–Crippen LogP) is 2.64. The summed E-state index contributed by atoms with van der Waals surface area (Å²) in [6, 6.07) is 5.35. The van der Waals surface area contributed by atoms with E-state index >= 15 is 0 Å². The van der Waals surface area contributed by atoms with Gasteiger partial charge in [0.25, 0.3) is 5.91 Å². The lowest BCUT2D eigenvalue weighted by Gasteiger charge is -2.11. The van der Waals surface area contributed by atoms with Crippen LogP contribution in [0.25, 0.3) is 6.08 Å². The van der Waals surface area contributed by atoms with Crippen LogP contribution in [0, 0.1) is 13.8 Å². The lowest BCUT2D eigenvalue weighted by atomic mass is 10.2. The number of esters is 1. The summed E-state index contributed by atoms with van der Waals surface area (Å²) in [5.74, 6) is -0.183. The van der Waals surface area contributed by atoms with Crippen molar-refractivity contribution in [1.29, 1.82) is 0 Å². The van der Waals surface area contributed by atoms with Crippen molar-refractivity contribution in [2.24, 2.45) is 7.05 Å². The Labute approximate surface area is 164 Å². The van der Waals surface area contributed by atoms with Crippen LogP contribution in [0.3, 0.4) is 0 Å². The molecule has 0 radical (unpaired) electrons. The Morgan fingerprint density at radius 3 is 2.57 bits per heavy atom. The summed E-state index contributed by atoms with van der Waals surface area (Å²) in [4.78, 5) is 23.9. The van der Waals surface area contributed by atoms with Crippen molar-refractivity contribution in [3.63, 3.8) is 0 Å². The fraction of sp³-hybridized carbons (Fsp3) is 0.350. The van der Waals surface area contributed by atoms with E-state index in [1.54, 1.807) is 30.8 Å². The Balaban J connectivity index is 1.85. The first-order chi connectivity index (χ1) is 13.3. The van der Waals surface area contributed by atoms with Crippen molar-refractivity contribution < 1.29 is 23.8 Å². The number of carbonyl (C=O) groups excluding carboxylic acids is 2. The summed E-state index contributed by atoms with van der Waals surface area (Å²) in [7, 11) is 3.31. The van der Waals surface area contributed by atoms with E-state index in [1.807, 2.05) is 32.1 Å². The molecule has 1 heterocycles. The minimum absolute atomic E-state index is 0.336. The Bertz CT molecular complexity index is 886. The Morgan fingerprint density at radius 1 is 1.21 bits per heavy atom. The quantitative estimate of drug-likeness (QED) is 0.700. The minimum Gasteiger partial charge on any atom is -0.493 e. The number of allylic oxidation sites excluding steroid dienone is 1. The first kappa shape index (κ1) is 21.0. The summed E-state index contributed by atoms with van der Waals surface area (Å²) in [6.45, 7) is 4.80. The molecule has 2 aromatic rings. The van der Waals surface area contributed by atoms with Crippen molar-refractivity contribution in [2.75, 3.05) is 25.6 Å². The van der Waals surface area contributed by atoms with Gasteiger partial charge in [-0.3, -0.25) is 9.48 Å². The summed E-state index contributed by atoms with van der Waals surface area (Å²) < 4.78 is 17.3. The molecule has 0 aliphatic carbocycles. The number of rotatable bonds is 8. The number of amides is 1. The van der Waals surface area contributed by atoms with E-state index in [0.29, 0.717) is 22.9 Å². The second-order valence-electron chi connectivity index (χ2n) is 6.08. The van der Waals surface area contributed by atoms with Crippen LogP contribution < -0.4 is 14.8 Å². The van der Waals surface area contributed by atoms with E-state index in [0.717, 1.165) is 11.3 Å². The third-order valence-electron chi connectivity index (χ3n) is 4.03. The van der Waals surface area contributed by atoms with E-state index in [4.69, 9.17) is 14.2 Å².